The van der Waals surface area contributed by atoms with Gasteiger partial charge in [-0.15, -0.1) is 16.4 Å². The Labute approximate surface area is 118 Å². The summed E-state index contributed by atoms with van der Waals surface area (Å²) >= 11 is 5.17. The minimum atomic E-state index is 0.481. The van der Waals surface area contributed by atoms with Gasteiger partial charge in [-0.3, -0.25) is 5.10 Å². The number of thiophene rings is 1. The van der Waals surface area contributed by atoms with Crippen LogP contribution < -0.4 is 10.2 Å². The standard InChI is InChI=1S/C11H14BrN5S/c1-7-6-17(4-3-13-7)11-14-10(15-16-11)9-8(12)2-5-18-9/h2,5,7,13H,3-4,6H2,1H3,(H,14,15,16)/t7-/m1/s1. The van der Waals surface area contributed by atoms with Crippen molar-refractivity contribution in [2.75, 3.05) is 24.5 Å². The summed E-state index contributed by atoms with van der Waals surface area (Å²) in [6, 6.07) is 2.50. The number of nitrogens with one attached hydrogen (secondary N) is 2. The first kappa shape index (κ1) is 12.1. The van der Waals surface area contributed by atoms with E-state index in [9.17, 15) is 0 Å². The Kier molecular flexibility index (Phi) is 3.36. The van der Waals surface area contributed by atoms with Gasteiger partial charge in [-0.2, -0.15) is 4.98 Å². The second-order valence-electron chi connectivity index (χ2n) is 4.38. The van der Waals surface area contributed by atoms with Gasteiger partial charge in [0, 0.05) is 30.1 Å². The highest BCUT2D eigenvalue weighted by atomic mass is 79.9. The summed E-state index contributed by atoms with van der Waals surface area (Å²) in [4.78, 5) is 7.89. The maximum atomic E-state index is 4.58. The van der Waals surface area contributed by atoms with Crippen molar-refractivity contribution in [1.82, 2.24) is 20.5 Å². The summed E-state index contributed by atoms with van der Waals surface area (Å²) in [6.07, 6.45) is 0. The van der Waals surface area contributed by atoms with E-state index in [2.05, 4.69) is 48.3 Å². The first-order valence-electron chi connectivity index (χ1n) is 5.88. The molecule has 0 unspecified atom stereocenters. The van der Waals surface area contributed by atoms with E-state index in [0.717, 1.165) is 40.8 Å². The average molecular weight is 328 g/mol. The highest BCUT2D eigenvalue weighted by Crippen LogP contribution is 2.31. The smallest absolute Gasteiger partial charge is 0.245 e. The Morgan fingerprint density at radius 3 is 3.17 bits per heavy atom. The van der Waals surface area contributed by atoms with Gasteiger partial charge in [-0.25, -0.2) is 0 Å². The fourth-order valence-corrected chi connectivity index (χ4v) is 3.57. The molecule has 5 nitrogen and oxygen atoms in total. The average Bonchev–Trinajstić information content (AvgIpc) is 2.97. The topological polar surface area (TPSA) is 56.8 Å². The zero-order valence-corrected chi connectivity index (χ0v) is 12.4. The van der Waals surface area contributed by atoms with Crippen molar-refractivity contribution in [2.45, 2.75) is 13.0 Å². The molecule has 0 amide bonds. The second-order valence-corrected chi connectivity index (χ2v) is 6.15. The molecule has 18 heavy (non-hydrogen) atoms. The van der Waals surface area contributed by atoms with Crippen LogP contribution in [0.5, 0.6) is 0 Å². The van der Waals surface area contributed by atoms with Gasteiger partial charge in [0.25, 0.3) is 0 Å². The van der Waals surface area contributed by atoms with Crippen LogP contribution in [0.3, 0.4) is 0 Å². The highest BCUT2D eigenvalue weighted by molar-refractivity contribution is 9.10. The van der Waals surface area contributed by atoms with Crippen molar-refractivity contribution in [2.24, 2.45) is 0 Å². The fraction of sp³-hybridized carbons (Fsp3) is 0.455. The molecule has 1 atom stereocenters. The SMILES string of the molecule is C[C@@H]1CN(c2n[nH]c(-c3sccc3Br)n2)CCN1. The van der Waals surface area contributed by atoms with E-state index in [1.807, 2.05) is 11.4 Å². The summed E-state index contributed by atoms with van der Waals surface area (Å²) in [5, 5.41) is 12.8. The van der Waals surface area contributed by atoms with E-state index in [1.54, 1.807) is 11.3 Å². The molecule has 7 heteroatoms. The van der Waals surface area contributed by atoms with E-state index in [4.69, 9.17) is 0 Å². The van der Waals surface area contributed by atoms with Crippen molar-refractivity contribution in [3.05, 3.63) is 15.9 Å². The van der Waals surface area contributed by atoms with Gasteiger partial charge in [-0.05, 0) is 34.3 Å². The van der Waals surface area contributed by atoms with Crippen molar-refractivity contribution in [3.8, 4) is 10.7 Å². The van der Waals surface area contributed by atoms with Crippen molar-refractivity contribution in [3.63, 3.8) is 0 Å². The zero-order valence-electron chi connectivity index (χ0n) is 9.98. The molecule has 0 aliphatic carbocycles. The van der Waals surface area contributed by atoms with Crippen LogP contribution in [0.25, 0.3) is 10.7 Å². The van der Waals surface area contributed by atoms with Gasteiger partial charge >= 0.3 is 0 Å². The Balaban J connectivity index is 1.83. The first-order chi connectivity index (χ1) is 8.74. The van der Waals surface area contributed by atoms with Crippen molar-refractivity contribution >= 4 is 33.2 Å². The Bertz CT molecular complexity index is 537. The number of aromatic nitrogens is 3. The zero-order chi connectivity index (χ0) is 12.5. The lowest BCUT2D eigenvalue weighted by Gasteiger charge is -2.30. The lowest BCUT2D eigenvalue weighted by molar-refractivity contribution is 0.480. The monoisotopic (exact) mass is 327 g/mol. The molecule has 3 heterocycles. The van der Waals surface area contributed by atoms with E-state index in [1.165, 1.54) is 0 Å². The number of anilines is 1. The molecule has 0 bridgehead atoms. The molecule has 96 valence electrons. The third kappa shape index (κ3) is 2.30. The number of piperazine rings is 1. The number of nitrogens with zero attached hydrogens (tertiary/aromatic N) is 3. The van der Waals surface area contributed by atoms with E-state index in [0.29, 0.717) is 6.04 Å². The van der Waals surface area contributed by atoms with Gasteiger partial charge in [0.2, 0.25) is 5.95 Å². The summed E-state index contributed by atoms with van der Waals surface area (Å²) in [6.45, 7) is 5.06. The maximum absolute atomic E-state index is 4.58. The molecule has 2 N–H and O–H groups in total. The molecule has 1 fully saturated rings. The van der Waals surface area contributed by atoms with Crippen molar-refractivity contribution in [1.29, 1.82) is 0 Å². The van der Waals surface area contributed by atoms with E-state index >= 15 is 0 Å². The second kappa shape index (κ2) is 4.99. The number of H-pyrrole nitrogens is 1. The van der Waals surface area contributed by atoms with Crippen LogP contribution in [0.15, 0.2) is 15.9 Å². The predicted octanol–water partition coefficient (Wildman–Crippen LogP) is 2.09. The van der Waals surface area contributed by atoms with Crippen LogP contribution in [0.2, 0.25) is 0 Å². The number of rotatable bonds is 2. The van der Waals surface area contributed by atoms with Gasteiger partial charge < -0.3 is 10.2 Å². The van der Waals surface area contributed by atoms with E-state index in [-0.39, 0.29) is 0 Å². The molecule has 0 spiro atoms. The Hall–Kier alpha value is -0.920. The molecule has 1 aliphatic rings. The van der Waals surface area contributed by atoms with Gasteiger partial charge in [0.05, 0.1) is 4.88 Å². The summed E-state index contributed by atoms with van der Waals surface area (Å²) in [7, 11) is 0. The number of halogens is 1. The van der Waals surface area contributed by atoms with Crippen LogP contribution in [-0.4, -0.2) is 40.9 Å². The highest BCUT2D eigenvalue weighted by Gasteiger charge is 2.20. The fourth-order valence-electron chi connectivity index (χ4n) is 2.07. The van der Waals surface area contributed by atoms with Crippen LogP contribution in [0.4, 0.5) is 5.95 Å². The molecule has 2 aromatic rings. The third-order valence-electron chi connectivity index (χ3n) is 2.96. The third-order valence-corrected chi connectivity index (χ3v) is 4.80. The predicted molar refractivity (Wildman–Crippen MR) is 77.1 cm³/mol. The normalized spacial score (nSPS) is 20.3. The first-order valence-corrected chi connectivity index (χ1v) is 7.55. The lowest BCUT2D eigenvalue weighted by atomic mass is 10.2. The lowest BCUT2D eigenvalue weighted by Crippen LogP contribution is -2.49. The van der Waals surface area contributed by atoms with Crippen LogP contribution in [-0.2, 0) is 0 Å². The van der Waals surface area contributed by atoms with Crippen molar-refractivity contribution < 1.29 is 0 Å². The molecule has 0 radical (unpaired) electrons. The largest absolute Gasteiger partial charge is 0.337 e. The molecule has 0 aromatic carbocycles. The summed E-state index contributed by atoms with van der Waals surface area (Å²) in [5.74, 6) is 1.62. The van der Waals surface area contributed by atoms with Crippen LogP contribution in [0.1, 0.15) is 6.92 Å². The molecular formula is C11H14BrN5S. The summed E-state index contributed by atoms with van der Waals surface area (Å²) < 4.78 is 1.06. The summed E-state index contributed by atoms with van der Waals surface area (Å²) in [5.41, 5.74) is 0. The van der Waals surface area contributed by atoms with Crippen LogP contribution in [0, 0.1) is 0 Å². The van der Waals surface area contributed by atoms with Gasteiger partial charge in [0.15, 0.2) is 5.82 Å². The molecule has 3 rings (SSSR count). The maximum Gasteiger partial charge on any atom is 0.245 e. The van der Waals surface area contributed by atoms with Crippen LogP contribution >= 0.6 is 27.3 Å². The Morgan fingerprint density at radius 2 is 2.44 bits per heavy atom. The van der Waals surface area contributed by atoms with Gasteiger partial charge in [0.1, 0.15) is 0 Å². The molecular weight excluding hydrogens is 314 g/mol. The minimum Gasteiger partial charge on any atom is -0.337 e. The van der Waals surface area contributed by atoms with E-state index < -0.39 is 0 Å². The number of hydrogen-bond acceptors (Lipinski definition) is 5. The minimum absolute atomic E-state index is 0.481. The quantitative estimate of drug-likeness (QED) is 0.886. The molecule has 0 saturated carbocycles. The molecule has 1 aliphatic heterocycles. The molecule has 1 saturated heterocycles. The Morgan fingerprint density at radius 1 is 1.56 bits per heavy atom. The molecule has 2 aromatic heterocycles. The number of aromatic amines is 1. The van der Waals surface area contributed by atoms with Gasteiger partial charge in [-0.1, -0.05) is 0 Å². The number of hydrogen-bond donors (Lipinski definition) is 2.